The van der Waals surface area contributed by atoms with Crippen LogP contribution in [0.3, 0.4) is 0 Å². The Morgan fingerprint density at radius 1 is 1.07 bits per heavy atom. The van der Waals surface area contributed by atoms with E-state index < -0.39 is 17.5 Å². The summed E-state index contributed by atoms with van der Waals surface area (Å²) in [4.78, 5) is 24.6. The smallest absolute Gasteiger partial charge is 0.226 e. The van der Waals surface area contributed by atoms with Crippen molar-refractivity contribution in [1.82, 2.24) is 14.9 Å². The van der Waals surface area contributed by atoms with Gasteiger partial charge < -0.3 is 9.80 Å². The van der Waals surface area contributed by atoms with E-state index in [1.54, 1.807) is 6.07 Å². The van der Waals surface area contributed by atoms with Crippen molar-refractivity contribution in [1.29, 1.82) is 0 Å². The number of aromatic nitrogens is 2. The second-order valence-corrected chi connectivity index (χ2v) is 7.41. The fourth-order valence-electron chi connectivity index (χ4n) is 4.15. The first-order chi connectivity index (χ1) is 13.5. The minimum absolute atomic E-state index is 0.0515. The van der Waals surface area contributed by atoms with Crippen molar-refractivity contribution >= 4 is 11.9 Å². The van der Waals surface area contributed by atoms with Crippen LogP contribution in [0.25, 0.3) is 0 Å². The summed E-state index contributed by atoms with van der Waals surface area (Å²) in [5, 5.41) is 0. The highest BCUT2D eigenvalue weighted by Crippen LogP contribution is 2.32. The third-order valence-corrected chi connectivity index (χ3v) is 5.56. The fourth-order valence-corrected chi connectivity index (χ4v) is 4.15. The van der Waals surface area contributed by atoms with E-state index in [0.29, 0.717) is 32.0 Å². The Kier molecular flexibility index (Phi) is 5.19. The van der Waals surface area contributed by atoms with Crippen molar-refractivity contribution in [2.24, 2.45) is 5.92 Å². The molecule has 0 saturated carbocycles. The number of carbonyl (C=O) groups is 1. The maximum atomic E-state index is 13.3. The number of halogens is 3. The van der Waals surface area contributed by atoms with Crippen LogP contribution < -0.4 is 4.90 Å². The third-order valence-electron chi connectivity index (χ3n) is 5.56. The van der Waals surface area contributed by atoms with Crippen LogP contribution in [0.4, 0.5) is 19.1 Å². The van der Waals surface area contributed by atoms with E-state index >= 15 is 0 Å². The Balaban J connectivity index is 1.32. The summed E-state index contributed by atoms with van der Waals surface area (Å²) < 4.78 is 39.3. The molecule has 2 fully saturated rings. The van der Waals surface area contributed by atoms with Gasteiger partial charge in [0.05, 0.1) is 18.4 Å². The lowest BCUT2D eigenvalue weighted by Gasteiger charge is -2.37. The predicted molar refractivity (Wildman–Crippen MR) is 97.1 cm³/mol. The van der Waals surface area contributed by atoms with Gasteiger partial charge in [-0.25, -0.2) is 23.1 Å². The molecular formula is C20H21F3N4O. The molecule has 3 heterocycles. The van der Waals surface area contributed by atoms with Crippen molar-refractivity contribution < 1.29 is 18.0 Å². The first-order valence-corrected chi connectivity index (χ1v) is 9.48. The van der Waals surface area contributed by atoms with Gasteiger partial charge in [-0.3, -0.25) is 4.79 Å². The Bertz CT molecular complexity index is 861. The number of piperazine rings is 1. The lowest BCUT2D eigenvalue weighted by atomic mass is 9.96. The number of hydrogen-bond donors (Lipinski definition) is 0. The molecule has 5 nitrogen and oxygen atoms in total. The Morgan fingerprint density at radius 3 is 2.61 bits per heavy atom. The van der Waals surface area contributed by atoms with Gasteiger partial charge in [0.2, 0.25) is 11.9 Å². The molecule has 148 valence electrons. The van der Waals surface area contributed by atoms with Gasteiger partial charge in [-0.2, -0.15) is 0 Å². The van der Waals surface area contributed by atoms with Crippen LogP contribution in [-0.4, -0.2) is 46.5 Å². The van der Waals surface area contributed by atoms with Crippen LogP contribution in [0.1, 0.15) is 24.8 Å². The molecular weight excluding hydrogens is 369 g/mol. The zero-order chi connectivity index (χ0) is 19.7. The number of nitrogens with zero attached hydrogens (tertiary/aromatic N) is 4. The normalized spacial score (nSPS) is 21.9. The second-order valence-electron chi connectivity index (χ2n) is 7.41. The molecule has 1 aromatic heterocycles. The minimum atomic E-state index is -0.846. The highest BCUT2D eigenvalue weighted by molar-refractivity contribution is 5.82. The molecule has 0 N–H and O–H groups in total. The van der Waals surface area contributed by atoms with Gasteiger partial charge in [0.1, 0.15) is 0 Å². The second kappa shape index (κ2) is 7.77. The molecule has 2 atom stereocenters. The van der Waals surface area contributed by atoms with Crippen molar-refractivity contribution in [3.8, 4) is 0 Å². The molecule has 4 rings (SSSR count). The molecule has 0 radical (unpaired) electrons. The number of carbonyl (C=O) groups excluding carboxylic acids is 1. The monoisotopic (exact) mass is 390 g/mol. The molecule has 28 heavy (non-hydrogen) atoms. The molecule has 2 aromatic rings. The van der Waals surface area contributed by atoms with Crippen LogP contribution in [-0.2, 0) is 11.2 Å². The van der Waals surface area contributed by atoms with Crippen molar-refractivity contribution in [2.45, 2.75) is 31.7 Å². The molecule has 8 heteroatoms. The van der Waals surface area contributed by atoms with Crippen LogP contribution >= 0.6 is 0 Å². The maximum absolute atomic E-state index is 13.3. The van der Waals surface area contributed by atoms with Gasteiger partial charge in [0, 0.05) is 25.6 Å². The Morgan fingerprint density at radius 2 is 1.86 bits per heavy atom. The predicted octanol–water partition coefficient (Wildman–Crippen LogP) is 2.95. The van der Waals surface area contributed by atoms with E-state index in [1.807, 2.05) is 9.80 Å². The zero-order valence-corrected chi connectivity index (χ0v) is 15.3. The minimum Gasteiger partial charge on any atom is -0.337 e. The molecule has 2 saturated heterocycles. The number of benzene rings is 1. The number of rotatable bonds is 5. The number of fused-ring (bicyclic) bond motifs is 1. The lowest BCUT2D eigenvalue weighted by Crippen LogP contribution is -2.52. The van der Waals surface area contributed by atoms with E-state index in [1.165, 1.54) is 6.07 Å². The summed E-state index contributed by atoms with van der Waals surface area (Å²) >= 11 is 0. The molecule has 1 aromatic carbocycles. The van der Waals surface area contributed by atoms with Crippen LogP contribution in [0, 0.1) is 23.4 Å². The molecule has 0 aliphatic carbocycles. The van der Waals surface area contributed by atoms with E-state index in [-0.39, 0.29) is 17.9 Å². The largest absolute Gasteiger partial charge is 0.337 e. The number of amides is 1. The SMILES string of the molecule is O=C1[C@@H](CCCc2ccc(F)c(F)c2)C[C@H]2CN(c3ncc(F)cn3)CCN12. The number of aryl methyl sites for hydroxylation is 1. The van der Waals surface area contributed by atoms with Crippen molar-refractivity contribution in [2.75, 3.05) is 24.5 Å². The molecule has 0 bridgehead atoms. The van der Waals surface area contributed by atoms with Gasteiger partial charge in [-0.15, -0.1) is 0 Å². The van der Waals surface area contributed by atoms with Gasteiger partial charge in [-0.05, 0) is 43.4 Å². The molecule has 0 unspecified atom stereocenters. The maximum Gasteiger partial charge on any atom is 0.226 e. The topological polar surface area (TPSA) is 49.3 Å². The van der Waals surface area contributed by atoms with Crippen LogP contribution in [0.5, 0.6) is 0 Å². The molecule has 2 aliphatic rings. The average molecular weight is 390 g/mol. The Labute approximate surface area is 161 Å². The van der Waals surface area contributed by atoms with E-state index in [2.05, 4.69) is 9.97 Å². The fraction of sp³-hybridized carbons (Fsp3) is 0.450. The summed E-state index contributed by atoms with van der Waals surface area (Å²) in [5.74, 6) is -1.56. The van der Waals surface area contributed by atoms with E-state index in [0.717, 1.165) is 43.3 Å². The third kappa shape index (κ3) is 3.81. The highest BCUT2D eigenvalue weighted by Gasteiger charge is 2.42. The van der Waals surface area contributed by atoms with Crippen LogP contribution in [0.15, 0.2) is 30.6 Å². The van der Waals surface area contributed by atoms with Gasteiger partial charge in [-0.1, -0.05) is 6.07 Å². The summed E-state index contributed by atoms with van der Waals surface area (Å²) in [6, 6.07) is 4.04. The summed E-state index contributed by atoms with van der Waals surface area (Å²) in [6.45, 7) is 1.86. The Hall–Kier alpha value is -2.64. The van der Waals surface area contributed by atoms with Crippen molar-refractivity contribution in [3.63, 3.8) is 0 Å². The molecule has 1 amide bonds. The van der Waals surface area contributed by atoms with E-state index in [9.17, 15) is 18.0 Å². The average Bonchev–Trinajstić information content (AvgIpc) is 3.00. The number of hydrogen-bond acceptors (Lipinski definition) is 4. The van der Waals surface area contributed by atoms with Crippen molar-refractivity contribution in [3.05, 3.63) is 53.6 Å². The molecule has 2 aliphatic heterocycles. The number of anilines is 1. The van der Waals surface area contributed by atoms with E-state index in [4.69, 9.17) is 0 Å². The highest BCUT2D eigenvalue weighted by atomic mass is 19.2. The van der Waals surface area contributed by atoms with Gasteiger partial charge in [0.25, 0.3) is 0 Å². The molecule has 0 spiro atoms. The first kappa shape index (κ1) is 18.7. The summed E-state index contributed by atoms with van der Waals surface area (Å²) in [5.41, 5.74) is 0.738. The van der Waals surface area contributed by atoms with Crippen LogP contribution in [0.2, 0.25) is 0 Å². The van der Waals surface area contributed by atoms with Gasteiger partial charge >= 0.3 is 0 Å². The summed E-state index contributed by atoms with van der Waals surface area (Å²) in [6.07, 6.45) is 5.13. The zero-order valence-electron chi connectivity index (χ0n) is 15.3. The summed E-state index contributed by atoms with van der Waals surface area (Å²) in [7, 11) is 0. The van der Waals surface area contributed by atoms with Gasteiger partial charge in [0.15, 0.2) is 17.5 Å². The first-order valence-electron chi connectivity index (χ1n) is 9.48. The lowest BCUT2D eigenvalue weighted by molar-refractivity contribution is -0.132. The quantitative estimate of drug-likeness (QED) is 0.788. The standard InChI is InChI=1S/C20H21F3N4O/c21-15-10-24-20(25-11-15)26-6-7-27-16(12-26)9-14(19(27)28)3-1-2-13-4-5-17(22)18(23)8-13/h4-5,8,10-11,14,16H,1-3,6-7,9,12H2/t14-,16-/m0/s1.